The van der Waals surface area contributed by atoms with Gasteiger partial charge in [-0.1, -0.05) is 0 Å². The number of aryl methyl sites for hydroxylation is 1. The molecule has 0 aromatic heterocycles. The first-order chi connectivity index (χ1) is 6.63. The number of methoxy groups -OCH3 is 1. The largest absolute Gasteiger partial charge is 0.508 e. The minimum atomic E-state index is -0.428. The van der Waals surface area contributed by atoms with Gasteiger partial charge in [0, 0.05) is 6.42 Å². The number of carbonyl (C=O) groups is 1. The number of hydrogen-bond donors (Lipinski definition) is 1. The fourth-order valence-corrected chi connectivity index (χ4v) is 1.09. The number of hydrogen-bond acceptors (Lipinski definition) is 3. The van der Waals surface area contributed by atoms with Gasteiger partial charge in [-0.05, 0) is 30.2 Å². The Morgan fingerprint density at radius 1 is 1.57 bits per heavy atom. The van der Waals surface area contributed by atoms with E-state index in [0.29, 0.717) is 5.56 Å². The predicted molar refractivity (Wildman–Crippen MR) is 48.4 cm³/mol. The SMILES string of the molecule is COC(=O)CCc1cc(F)ccc1O. The maximum absolute atomic E-state index is 12.7. The van der Waals surface area contributed by atoms with Crippen molar-refractivity contribution in [2.75, 3.05) is 7.11 Å². The molecule has 0 aliphatic rings. The number of benzene rings is 1. The highest BCUT2D eigenvalue weighted by Crippen LogP contribution is 2.19. The number of ether oxygens (including phenoxy) is 1. The van der Waals surface area contributed by atoms with Crippen LogP contribution >= 0.6 is 0 Å². The minimum absolute atomic E-state index is 0.00435. The van der Waals surface area contributed by atoms with Crippen LogP contribution in [-0.4, -0.2) is 18.2 Å². The van der Waals surface area contributed by atoms with Gasteiger partial charge in [-0.15, -0.1) is 0 Å². The van der Waals surface area contributed by atoms with E-state index in [1.807, 2.05) is 0 Å². The van der Waals surface area contributed by atoms with Gasteiger partial charge in [-0.2, -0.15) is 0 Å². The first kappa shape index (κ1) is 10.5. The van der Waals surface area contributed by atoms with Gasteiger partial charge in [0.2, 0.25) is 0 Å². The predicted octanol–water partition coefficient (Wildman–Crippen LogP) is 1.64. The van der Waals surface area contributed by atoms with Crippen LogP contribution in [0.2, 0.25) is 0 Å². The number of carbonyl (C=O) groups excluding carboxylic acids is 1. The van der Waals surface area contributed by atoms with Crippen LogP contribution < -0.4 is 0 Å². The highest BCUT2D eigenvalue weighted by Gasteiger charge is 2.06. The molecule has 0 radical (unpaired) electrons. The van der Waals surface area contributed by atoms with Crippen LogP contribution in [0.5, 0.6) is 5.75 Å². The Hall–Kier alpha value is -1.58. The topological polar surface area (TPSA) is 46.5 Å². The first-order valence-electron chi connectivity index (χ1n) is 4.17. The summed E-state index contributed by atoms with van der Waals surface area (Å²) in [6.07, 6.45) is 0.407. The van der Waals surface area contributed by atoms with E-state index in [2.05, 4.69) is 4.74 Å². The number of halogens is 1. The summed E-state index contributed by atoms with van der Waals surface area (Å²) in [5.74, 6) is -0.813. The number of aromatic hydroxyl groups is 1. The molecule has 0 atom stereocenters. The normalized spacial score (nSPS) is 9.86. The summed E-state index contributed by atoms with van der Waals surface area (Å²) in [5, 5.41) is 9.30. The Morgan fingerprint density at radius 3 is 2.93 bits per heavy atom. The summed E-state index contributed by atoms with van der Waals surface area (Å²) in [6.45, 7) is 0. The van der Waals surface area contributed by atoms with E-state index in [1.54, 1.807) is 0 Å². The highest BCUT2D eigenvalue weighted by atomic mass is 19.1. The van der Waals surface area contributed by atoms with Crippen molar-refractivity contribution < 1.29 is 19.0 Å². The molecule has 0 saturated heterocycles. The molecule has 4 heteroatoms. The van der Waals surface area contributed by atoms with Gasteiger partial charge in [0.15, 0.2) is 0 Å². The molecule has 0 amide bonds. The Labute approximate surface area is 81.1 Å². The molecular weight excluding hydrogens is 187 g/mol. The number of rotatable bonds is 3. The molecule has 14 heavy (non-hydrogen) atoms. The van der Waals surface area contributed by atoms with E-state index in [-0.39, 0.29) is 24.6 Å². The lowest BCUT2D eigenvalue weighted by molar-refractivity contribution is -0.140. The third-order valence-electron chi connectivity index (χ3n) is 1.87. The summed E-state index contributed by atoms with van der Waals surface area (Å²) in [5.41, 5.74) is 0.412. The van der Waals surface area contributed by atoms with Crippen LogP contribution in [0.3, 0.4) is 0 Å². The van der Waals surface area contributed by atoms with E-state index in [1.165, 1.54) is 19.2 Å². The molecule has 1 rings (SSSR count). The Kier molecular flexibility index (Phi) is 3.45. The second-order valence-electron chi connectivity index (χ2n) is 2.85. The maximum atomic E-state index is 12.7. The van der Waals surface area contributed by atoms with Crippen LogP contribution in [0.4, 0.5) is 4.39 Å². The van der Waals surface area contributed by atoms with E-state index >= 15 is 0 Å². The van der Waals surface area contributed by atoms with Crippen molar-refractivity contribution in [1.82, 2.24) is 0 Å². The van der Waals surface area contributed by atoms with Gasteiger partial charge in [-0.3, -0.25) is 4.79 Å². The van der Waals surface area contributed by atoms with Gasteiger partial charge in [0.05, 0.1) is 7.11 Å². The van der Waals surface area contributed by atoms with Crippen LogP contribution in [0.1, 0.15) is 12.0 Å². The van der Waals surface area contributed by atoms with Gasteiger partial charge >= 0.3 is 5.97 Å². The van der Waals surface area contributed by atoms with Crippen LogP contribution in [-0.2, 0) is 16.0 Å². The second kappa shape index (κ2) is 4.60. The van der Waals surface area contributed by atoms with Crippen LogP contribution in [0.15, 0.2) is 18.2 Å². The van der Waals surface area contributed by atoms with E-state index in [9.17, 15) is 14.3 Å². The third kappa shape index (κ3) is 2.73. The molecule has 1 aromatic rings. The maximum Gasteiger partial charge on any atom is 0.305 e. The second-order valence-corrected chi connectivity index (χ2v) is 2.85. The lowest BCUT2D eigenvalue weighted by atomic mass is 10.1. The van der Waals surface area contributed by atoms with Gasteiger partial charge in [-0.25, -0.2) is 4.39 Å². The van der Waals surface area contributed by atoms with Crippen molar-refractivity contribution in [3.8, 4) is 5.75 Å². The summed E-state index contributed by atoms with van der Waals surface area (Å²) in [7, 11) is 1.29. The molecule has 1 N–H and O–H groups in total. The fraction of sp³-hybridized carbons (Fsp3) is 0.300. The van der Waals surface area contributed by atoms with Crippen molar-refractivity contribution in [3.63, 3.8) is 0 Å². The molecular formula is C10H11FO3. The van der Waals surface area contributed by atoms with E-state index < -0.39 is 5.82 Å². The smallest absolute Gasteiger partial charge is 0.305 e. The zero-order chi connectivity index (χ0) is 10.6. The fourth-order valence-electron chi connectivity index (χ4n) is 1.09. The van der Waals surface area contributed by atoms with Crippen molar-refractivity contribution in [3.05, 3.63) is 29.6 Å². The quantitative estimate of drug-likeness (QED) is 0.751. The Bertz CT molecular complexity index is 336. The first-order valence-corrected chi connectivity index (χ1v) is 4.17. The summed E-state index contributed by atoms with van der Waals surface area (Å²) >= 11 is 0. The van der Waals surface area contributed by atoms with Crippen LogP contribution in [0.25, 0.3) is 0 Å². The molecule has 0 saturated carbocycles. The molecule has 0 unspecified atom stereocenters. The van der Waals surface area contributed by atoms with E-state index in [0.717, 1.165) is 6.07 Å². The molecule has 0 aliphatic carbocycles. The molecule has 3 nitrogen and oxygen atoms in total. The standard InChI is InChI=1S/C10H11FO3/c1-14-10(13)5-2-7-6-8(11)3-4-9(7)12/h3-4,6,12H,2,5H2,1H3. The number of phenolic OH excluding ortho intramolecular Hbond substituents is 1. The highest BCUT2D eigenvalue weighted by molar-refractivity contribution is 5.69. The summed E-state index contributed by atoms with van der Waals surface area (Å²) < 4.78 is 17.2. The summed E-state index contributed by atoms with van der Waals surface area (Å²) in [4.78, 5) is 10.8. The zero-order valence-corrected chi connectivity index (χ0v) is 7.79. The Balaban J connectivity index is 2.66. The average Bonchev–Trinajstić information content (AvgIpc) is 2.19. The van der Waals surface area contributed by atoms with E-state index in [4.69, 9.17) is 0 Å². The van der Waals surface area contributed by atoms with Crippen molar-refractivity contribution in [2.24, 2.45) is 0 Å². The van der Waals surface area contributed by atoms with Gasteiger partial charge < -0.3 is 9.84 Å². The van der Waals surface area contributed by atoms with Crippen molar-refractivity contribution in [2.45, 2.75) is 12.8 Å². The summed E-state index contributed by atoms with van der Waals surface area (Å²) in [6, 6.07) is 3.64. The van der Waals surface area contributed by atoms with Crippen LogP contribution in [0, 0.1) is 5.82 Å². The lowest BCUT2D eigenvalue weighted by Gasteiger charge is -2.03. The molecule has 0 fully saturated rings. The van der Waals surface area contributed by atoms with Gasteiger partial charge in [0.1, 0.15) is 11.6 Å². The zero-order valence-electron chi connectivity index (χ0n) is 7.79. The molecule has 76 valence electrons. The van der Waals surface area contributed by atoms with Crippen molar-refractivity contribution >= 4 is 5.97 Å². The monoisotopic (exact) mass is 198 g/mol. The minimum Gasteiger partial charge on any atom is -0.508 e. The molecule has 1 aromatic carbocycles. The number of esters is 1. The molecule has 0 heterocycles. The molecule has 0 aliphatic heterocycles. The Morgan fingerprint density at radius 2 is 2.29 bits per heavy atom. The number of phenols is 1. The molecule has 0 spiro atoms. The molecule has 0 bridgehead atoms. The third-order valence-corrected chi connectivity index (χ3v) is 1.87. The lowest BCUT2D eigenvalue weighted by Crippen LogP contribution is -2.02. The van der Waals surface area contributed by atoms with Crippen molar-refractivity contribution in [1.29, 1.82) is 0 Å². The average molecular weight is 198 g/mol. The van der Waals surface area contributed by atoms with Gasteiger partial charge in [0.25, 0.3) is 0 Å².